The number of amides is 1. The van der Waals surface area contributed by atoms with Crippen LogP contribution in [0, 0.1) is 10.1 Å². The van der Waals surface area contributed by atoms with Crippen LogP contribution in [0.4, 0.5) is 5.00 Å². The molecule has 0 unspecified atom stereocenters. The van der Waals surface area contributed by atoms with E-state index in [1.807, 2.05) is 30.3 Å². The van der Waals surface area contributed by atoms with Crippen LogP contribution in [0.25, 0.3) is 0 Å². The Labute approximate surface area is 114 Å². The highest BCUT2D eigenvalue weighted by Gasteiger charge is 2.18. The lowest BCUT2D eigenvalue weighted by atomic mass is 10.2. The molecule has 0 radical (unpaired) electrons. The summed E-state index contributed by atoms with van der Waals surface area (Å²) >= 11 is 0.963. The van der Waals surface area contributed by atoms with Gasteiger partial charge < -0.3 is 4.90 Å². The van der Waals surface area contributed by atoms with E-state index in [9.17, 15) is 14.9 Å². The Hall–Kier alpha value is -2.21. The highest BCUT2D eigenvalue weighted by Crippen LogP contribution is 2.23. The zero-order chi connectivity index (χ0) is 13.8. The van der Waals surface area contributed by atoms with Crippen LogP contribution in [-0.2, 0) is 6.54 Å². The topological polar surface area (TPSA) is 63.5 Å². The lowest BCUT2D eigenvalue weighted by Gasteiger charge is -2.16. The Kier molecular flexibility index (Phi) is 3.91. The van der Waals surface area contributed by atoms with Crippen molar-refractivity contribution in [2.75, 3.05) is 7.05 Å². The first kappa shape index (κ1) is 13.2. The van der Waals surface area contributed by atoms with E-state index in [1.165, 1.54) is 11.4 Å². The second-order valence-corrected chi connectivity index (χ2v) is 4.97. The minimum atomic E-state index is -0.487. The summed E-state index contributed by atoms with van der Waals surface area (Å²) in [5, 5.41) is 12.1. The fourth-order valence-electron chi connectivity index (χ4n) is 1.68. The van der Waals surface area contributed by atoms with E-state index in [4.69, 9.17) is 0 Å². The molecule has 0 N–H and O–H groups in total. The van der Waals surface area contributed by atoms with Gasteiger partial charge in [0.1, 0.15) is 0 Å². The van der Waals surface area contributed by atoms with Gasteiger partial charge in [-0.2, -0.15) is 0 Å². The van der Waals surface area contributed by atoms with Crippen LogP contribution < -0.4 is 0 Å². The predicted molar refractivity (Wildman–Crippen MR) is 73.2 cm³/mol. The van der Waals surface area contributed by atoms with Crippen molar-refractivity contribution in [3.63, 3.8) is 0 Å². The van der Waals surface area contributed by atoms with E-state index >= 15 is 0 Å². The minimum absolute atomic E-state index is 0.0172. The maximum Gasteiger partial charge on any atom is 0.324 e. The number of hydrogen-bond donors (Lipinski definition) is 0. The predicted octanol–water partition coefficient (Wildman–Crippen LogP) is 2.93. The number of carbonyl (C=O) groups excluding carboxylic acids is 1. The molecule has 0 fully saturated rings. The van der Waals surface area contributed by atoms with Crippen LogP contribution in [0.15, 0.2) is 41.8 Å². The summed E-state index contributed by atoms with van der Waals surface area (Å²) < 4.78 is 0. The molecule has 0 aliphatic rings. The molecule has 2 aromatic rings. The Morgan fingerprint density at radius 3 is 2.63 bits per heavy atom. The van der Waals surface area contributed by atoms with Gasteiger partial charge in [0.15, 0.2) is 0 Å². The van der Waals surface area contributed by atoms with Gasteiger partial charge in [-0.1, -0.05) is 41.7 Å². The van der Waals surface area contributed by atoms with Crippen LogP contribution in [0.5, 0.6) is 0 Å². The molecule has 0 atom stereocenters. The Bertz CT molecular complexity index is 595. The molecule has 0 aliphatic heterocycles. The van der Waals surface area contributed by atoms with Gasteiger partial charge >= 0.3 is 5.00 Å². The summed E-state index contributed by atoms with van der Waals surface area (Å²) in [7, 11) is 1.68. The van der Waals surface area contributed by atoms with E-state index in [0.717, 1.165) is 16.9 Å². The monoisotopic (exact) mass is 276 g/mol. The molecule has 0 saturated carbocycles. The standard InChI is InChI=1S/C13H12N2O3S/c1-14(8-10-5-3-2-4-6-10)13(16)11-7-12(15(17)18)19-9-11/h2-7,9H,8H2,1H3. The molecule has 98 valence electrons. The van der Waals surface area contributed by atoms with Gasteiger partial charge in [0.25, 0.3) is 5.91 Å². The molecular weight excluding hydrogens is 264 g/mol. The summed E-state index contributed by atoms with van der Waals surface area (Å²) in [5.41, 5.74) is 1.37. The molecule has 19 heavy (non-hydrogen) atoms. The van der Waals surface area contributed by atoms with Crippen molar-refractivity contribution in [3.8, 4) is 0 Å². The van der Waals surface area contributed by atoms with Gasteiger partial charge in [0.05, 0.1) is 10.5 Å². The van der Waals surface area contributed by atoms with E-state index < -0.39 is 4.92 Å². The number of rotatable bonds is 4. The van der Waals surface area contributed by atoms with Crippen LogP contribution in [0.2, 0.25) is 0 Å². The van der Waals surface area contributed by atoms with Crippen molar-refractivity contribution in [1.29, 1.82) is 0 Å². The molecule has 0 aliphatic carbocycles. The van der Waals surface area contributed by atoms with Crippen LogP contribution >= 0.6 is 11.3 Å². The number of thiophene rings is 1. The molecule has 5 nitrogen and oxygen atoms in total. The fourth-order valence-corrected chi connectivity index (χ4v) is 2.38. The Balaban J connectivity index is 2.08. The highest BCUT2D eigenvalue weighted by atomic mass is 32.1. The second kappa shape index (κ2) is 5.62. The van der Waals surface area contributed by atoms with E-state index in [2.05, 4.69) is 0 Å². The quantitative estimate of drug-likeness (QED) is 0.637. The summed E-state index contributed by atoms with van der Waals surface area (Å²) in [5.74, 6) is -0.215. The minimum Gasteiger partial charge on any atom is -0.337 e. The normalized spacial score (nSPS) is 10.2. The van der Waals surface area contributed by atoms with E-state index in [-0.39, 0.29) is 10.9 Å². The van der Waals surface area contributed by atoms with Crippen LogP contribution in [-0.4, -0.2) is 22.8 Å². The van der Waals surface area contributed by atoms with E-state index in [0.29, 0.717) is 12.1 Å². The van der Waals surface area contributed by atoms with E-state index in [1.54, 1.807) is 11.9 Å². The third kappa shape index (κ3) is 3.17. The average Bonchev–Trinajstić information content (AvgIpc) is 2.88. The molecule has 0 saturated heterocycles. The number of hydrogen-bond acceptors (Lipinski definition) is 4. The van der Waals surface area contributed by atoms with Crippen molar-refractivity contribution in [1.82, 2.24) is 4.90 Å². The molecule has 1 heterocycles. The summed E-state index contributed by atoms with van der Waals surface area (Å²) in [6.45, 7) is 0.476. The summed E-state index contributed by atoms with van der Waals surface area (Å²) in [6, 6.07) is 10.9. The second-order valence-electron chi connectivity index (χ2n) is 4.08. The molecule has 6 heteroatoms. The lowest BCUT2D eigenvalue weighted by Crippen LogP contribution is -2.25. The molecule has 1 aromatic heterocycles. The molecule has 2 rings (SSSR count). The molecule has 0 spiro atoms. The average molecular weight is 276 g/mol. The molecule has 0 bridgehead atoms. The van der Waals surface area contributed by atoms with Gasteiger partial charge in [-0.3, -0.25) is 14.9 Å². The molecule has 1 amide bonds. The Morgan fingerprint density at radius 2 is 2.05 bits per heavy atom. The highest BCUT2D eigenvalue weighted by molar-refractivity contribution is 7.13. The maximum atomic E-state index is 12.1. The first-order valence-corrected chi connectivity index (χ1v) is 6.48. The third-order valence-corrected chi connectivity index (χ3v) is 3.50. The first-order valence-electron chi connectivity index (χ1n) is 5.60. The van der Waals surface area contributed by atoms with Crippen molar-refractivity contribution >= 4 is 22.2 Å². The van der Waals surface area contributed by atoms with Crippen molar-refractivity contribution in [3.05, 3.63) is 63.0 Å². The van der Waals surface area contributed by atoms with Crippen molar-refractivity contribution < 1.29 is 9.72 Å². The Morgan fingerprint density at radius 1 is 1.37 bits per heavy atom. The number of benzene rings is 1. The lowest BCUT2D eigenvalue weighted by molar-refractivity contribution is -0.380. The largest absolute Gasteiger partial charge is 0.337 e. The van der Waals surface area contributed by atoms with Crippen molar-refractivity contribution in [2.24, 2.45) is 0 Å². The molecular formula is C13H12N2O3S. The maximum absolute atomic E-state index is 12.1. The third-order valence-electron chi connectivity index (χ3n) is 2.62. The van der Waals surface area contributed by atoms with Gasteiger partial charge in [-0.05, 0) is 5.56 Å². The zero-order valence-electron chi connectivity index (χ0n) is 10.3. The van der Waals surface area contributed by atoms with Crippen LogP contribution in [0.3, 0.4) is 0 Å². The first-order chi connectivity index (χ1) is 9.08. The molecule has 1 aromatic carbocycles. The summed E-state index contributed by atoms with van der Waals surface area (Å²) in [4.78, 5) is 23.7. The van der Waals surface area contributed by atoms with Crippen molar-refractivity contribution in [2.45, 2.75) is 6.54 Å². The summed E-state index contributed by atoms with van der Waals surface area (Å²) in [6.07, 6.45) is 0. The fraction of sp³-hybridized carbons (Fsp3) is 0.154. The van der Waals surface area contributed by atoms with Gasteiger partial charge in [-0.25, -0.2) is 0 Å². The SMILES string of the molecule is CN(Cc1ccccc1)C(=O)c1csc([N+](=O)[O-])c1. The van der Waals surface area contributed by atoms with Gasteiger partial charge in [0.2, 0.25) is 0 Å². The zero-order valence-corrected chi connectivity index (χ0v) is 11.1. The van der Waals surface area contributed by atoms with Gasteiger partial charge in [0, 0.05) is 25.0 Å². The smallest absolute Gasteiger partial charge is 0.324 e. The number of carbonyl (C=O) groups is 1. The number of nitrogens with zero attached hydrogens (tertiary/aromatic N) is 2. The van der Waals surface area contributed by atoms with Crippen LogP contribution in [0.1, 0.15) is 15.9 Å². The number of nitro groups is 1. The van der Waals surface area contributed by atoms with Gasteiger partial charge in [-0.15, -0.1) is 0 Å².